The largest absolute Gasteiger partial charge is 0.416 e. The number of nitrogens with one attached hydrogen (secondary N) is 2. The lowest BCUT2D eigenvalue weighted by atomic mass is 10.2. The van der Waals surface area contributed by atoms with Gasteiger partial charge >= 0.3 is 6.18 Å². The van der Waals surface area contributed by atoms with Crippen LogP contribution in [0.2, 0.25) is 0 Å². The fourth-order valence-electron chi connectivity index (χ4n) is 1.85. The maximum absolute atomic E-state index is 12.7. The Morgan fingerprint density at radius 3 is 2.78 bits per heavy atom. The van der Waals surface area contributed by atoms with Crippen molar-refractivity contribution in [1.82, 2.24) is 9.97 Å². The Bertz CT molecular complexity index is 634. The summed E-state index contributed by atoms with van der Waals surface area (Å²) in [6.45, 7) is 1.31. The molecule has 2 rings (SSSR count). The van der Waals surface area contributed by atoms with Gasteiger partial charge in [0.2, 0.25) is 5.95 Å². The van der Waals surface area contributed by atoms with Crippen LogP contribution in [0.25, 0.3) is 0 Å². The first-order valence-corrected chi connectivity index (χ1v) is 6.99. The summed E-state index contributed by atoms with van der Waals surface area (Å²) in [7, 11) is 1.63. The number of methoxy groups -OCH3 is 1. The lowest BCUT2D eigenvalue weighted by Crippen LogP contribution is -2.08. The van der Waals surface area contributed by atoms with E-state index in [1.54, 1.807) is 13.2 Å². The molecular weight excluding hydrogens is 309 g/mol. The molecule has 2 N–H and O–H groups in total. The van der Waals surface area contributed by atoms with Crippen molar-refractivity contribution in [1.29, 1.82) is 0 Å². The van der Waals surface area contributed by atoms with Crippen molar-refractivity contribution in [2.45, 2.75) is 12.6 Å². The molecule has 0 saturated carbocycles. The van der Waals surface area contributed by atoms with Gasteiger partial charge in [0.05, 0.1) is 5.56 Å². The van der Waals surface area contributed by atoms with Gasteiger partial charge in [-0.15, -0.1) is 0 Å². The second-order valence-corrected chi connectivity index (χ2v) is 4.74. The van der Waals surface area contributed by atoms with E-state index in [0.29, 0.717) is 19.0 Å². The minimum atomic E-state index is -4.39. The third kappa shape index (κ3) is 5.41. The van der Waals surface area contributed by atoms with Crippen LogP contribution in [0.1, 0.15) is 12.0 Å². The maximum Gasteiger partial charge on any atom is 0.416 e. The molecule has 1 aromatic carbocycles. The van der Waals surface area contributed by atoms with E-state index < -0.39 is 11.7 Å². The average molecular weight is 326 g/mol. The molecule has 5 nitrogen and oxygen atoms in total. The van der Waals surface area contributed by atoms with Crippen LogP contribution in [-0.2, 0) is 10.9 Å². The zero-order valence-electron chi connectivity index (χ0n) is 12.5. The summed E-state index contributed by atoms with van der Waals surface area (Å²) in [6, 6.07) is 6.57. The Kier molecular flexibility index (Phi) is 5.75. The summed E-state index contributed by atoms with van der Waals surface area (Å²) in [6.07, 6.45) is -2.04. The predicted molar refractivity (Wildman–Crippen MR) is 81.7 cm³/mol. The van der Waals surface area contributed by atoms with Crippen LogP contribution in [0.5, 0.6) is 0 Å². The molecule has 2 aromatic rings. The van der Waals surface area contributed by atoms with Gasteiger partial charge < -0.3 is 15.4 Å². The van der Waals surface area contributed by atoms with Gasteiger partial charge in [0.15, 0.2) is 0 Å². The normalized spacial score (nSPS) is 11.3. The van der Waals surface area contributed by atoms with Gasteiger partial charge in [0.1, 0.15) is 5.82 Å². The molecule has 1 heterocycles. The summed E-state index contributed by atoms with van der Waals surface area (Å²) in [5.41, 5.74) is -0.451. The van der Waals surface area contributed by atoms with E-state index in [-0.39, 0.29) is 11.6 Å². The van der Waals surface area contributed by atoms with Crippen molar-refractivity contribution >= 4 is 17.5 Å². The Balaban J connectivity index is 2.03. The van der Waals surface area contributed by atoms with Crippen molar-refractivity contribution in [3.05, 3.63) is 42.1 Å². The SMILES string of the molecule is COCCCNc1ccnc(Nc2cccc(C(F)(F)F)c2)n1. The summed E-state index contributed by atoms with van der Waals surface area (Å²) >= 11 is 0. The smallest absolute Gasteiger partial charge is 0.385 e. The van der Waals surface area contributed by atoms with Crippen molar-refractivity contribution in [3.8, 4) is 0 Å². The molecule has 0 spiro atoms. The lowest BCUT2D eigenvalue weighted by molar-refractivity contribution is -0.137. The van der Waals surface area contributed by atoms with Crippen molar-refractivity contribution in [2.75, 3.05) is 30.9 Å². The molecule has 0 amide bonds. The van der Waals surface area contributed by atoms with Crippen LogP contribution in [0.3, 0.4) is 0 Å². The Hall–Kier alpha value is -2.35. The highest BCUT2D eigenvalue weighted by Crippen LogP contribution is 2.31. The first kappa shape index (κ1) is 17.0. The first-order chi connectivity index (χ1) is 11.0. The Morgan fingerprint density at radius 1 is 1.22 bits per heavy atom. The quantitative estimate of drug-likeness (QED) is 0.760. The lowest BCUT2D eigenvalue weighted by Gasteiger charge is -2.10. The number of aromatic nitrogens is 2. The average Bonchev–Trinajstić information content (AvgIpc) is 2.51. The third-order valence-corrected chi connectivity index (χ3v) is 2.93. The van der Waals surface area contributed by atoms with Gasteiger partial charge in [-0.2, -0.15) is 18.2 Å². The number of benzene rings is 1. The van der Waals surface area contributed by atoms with E-state index in [1.165, 1.54) is 18.3 Å². The van der Waals surface area contributed by atoms with Gasteiger partial charge in [0.25, 0.3) is 0 Å². The first-order valence-electron chi connectivity index (χ1n) is 6.99. The van der Waals surface area contributed by atoms with Gasteiger partial charge in [-0.25, -0.2) is 4.98 Å². The van der Waals surface area contributed by atoms with Crippen LogP contribution in [0.4, 0.5) is 30.6 Å². The van der Waals surface area contributed by atoms with E-state index in [4.69, 9.17) is 4.74 Å². The Morgan fingerprint density at radius 2 is 2.04 bits per heavy atom. The Labute approximate surface area is 131 Å². The number of alkyl halides is 3. The van der Waals surface area contributed by atoms with E-state index in [1.807, 2.05) is 0 Å². The molecule has 23 heavy (non-hydrogen) atoms. The number of anilines is 3. The fraction of sp³-hybridized carbons (Fsp3) is 0.333. The standard InChI is InChI=1S/C15H17F3N4O/c1-23-9-3-7-19-13-6-8-20-14(22-13)21-12-5-2-4-11(10-12)15(16,17)18/h2,4-6,8,10H,3,7,9H2,1H3,(H2,19,20,21,22). The summed E-state index contributed by atoms with van der Waals surface area (Å²) < 4.78 is 43.0. The molecule has 0 fully saturated rings. The number of rotatable bonds is 7. The van der Waals surface area contributed by atoms with Gasteiger partial charge in [-0.3, -0.25) is 0 Å². The van der Waals surface area contributed by atoms with Crippen molar-refractivity contribution < 1.29 is 17.9 Å². The van der Waals surface area contributed by atoms with Crippen LogP contribution < -0.4 is 10.6 Å². The highest BCUT2D eigenvalue weighted by molar-refractivity contribution is 5.56. The van der Waals surface area contributed by atoms with E-state index in [9.17, 15) is 13.2 Å². The number of hydrogen-bond donors (Lipinski definition) is 2. The summed E-state index contributed by atoms with van der Waals surface area (Å²) in [5, 5.41) is 5.86. The van der Waals surface area contributed by atoms with Gasteiger partial charge in [0, 0.05) is 32.1 Å². The molecule has 1 aromatic heterocycles. The molecule has 0 aliphatic heterocycles. The predicted octanol–water partition coefficient (Wildman–Crippen LogP) is 3.69. The van der Waals surface area contributed by atoms with Gasteiger partial charge in [-0.1, -0.05) is 6.07 Å². The molecule has 0 bridgehead atoms. The van der Waals surface area contributed by atoms with Crippen LogP contribution in [-0.4, -0.2) is 30.2 Å². The highest BCUT2D eigenvalue weighted by Gasteiger charge is 2.30. The minimum absolute atomic E-state index is 0.223. The molecule has 0 radical (unpaired) electrons. The van der Waals surface area contributed by atoms with Crippen LogP contribution in [0.15, 0.2) is 36.5 Å². The molecule has 0 saturated heterocycles. The highest BCUT2D eigenvalue weighted by atomic mass is 19.4. The second kappa shape index (κ2) is 7.77. The maximum atomic E-state index is 12.7. The third-order valence-electron chi connectivity index (χ3n) is 2.93. The summed E-state index contributed by atoms with van der Waals surface area (Å²) in [5.74, 6) is 0.812. The molecule has 8 heteroatoms. The van der Waals surface area contributed by atoms with Crippen LogP contribution >= 0.6 is 0 Å². The number of halogens is 3. The summed E-state index contributed by atoms with van der Waals surface area (Å²) in [4.78, 5) is 8.20. The van der Waals surface area contributed by atoms with E-state index in [0.717, 1.165) is 18.6 Å². The minimum Gasteiger partial charge on any atom is -0.385 e. The molecule has 0 aliphatic rings. The monoisotopic (exact) mass is 326 g/mol. The molecular formula is C15H17F3N4O. The molecule has 0 aliphatic carbocycles. The van der Waals surface area contributed by atoms with Crippen molar-refractivity contribution in [2.24, 2.45) is 0 Å². The molecule has 0 atom stereocenters. The zero-order valence-corrected chi connectivity index (χ0v) is 12.5. The van der Waals surface area contributed by atoms with Crippen molar-refractivity contribution in [3.63, 3.8) is 0 Å². The van der Waals surface area contributed by atoms with Gasteiger partial charge in [-0.05, 0) is 30.7 Å². The second-order valence-electron chi connectivity index (χ2n) is 4.74. The zero-order chi connectivity index (χ0) is 16.7. The molecule has 0 unspecified atom stereocenters. The number of ether oxygens (including phenoxy) is 1. The van der Waals surface area contributed by atoms with E-state index >= 15 is 0 Å². The number of nitrogens with zero attached hydrogens (tertiary/aromatic N) is 2. The van der Waals surface area contributed by atoms with E-state index in [2.05, 4.69) is 20.6 Å². The number of hydrogen-bond acceptors (Lipinski definition) is 5. The molecule has 124 valence electrons. The van der Waals surface area contributed by atoms with Crippen LogP contribution in [0, 0.1) is 0 Å². The fourth-order valence-corrected chi connectivity index (χ4v) is 1.85. The topological polar surface area (TPSA) is 59.1 Å².